The van der Waals surface area contributed by atoms with Gasteiger partial charge in [0.15, 0.2) is 0 Å². The first-order valence-corrected chi connectivity index (χ1v) is 20.6. The zero-order valence-corrected chi connectivity index (χ0v) is 33.6. The molecule has 1 aliphatic heterocycles. The molecule has 7 atom stereocenters. The van der Waals surface area contributed by atoms with Crippen LogP contribution in [0.25, 0.3) is 0 Å². The number of alkyl halides is 2. The summed E-state index contributed by atoms with van der Waals surface area (Å²) in [6, 6.07) is 13.8. The van der Waals surface area contributed by atoms with Crippen molar-refractivity contribution in [3.05, 3.63) is 83.4 Å². The minimum Gasteiger partial charge on any atom is -0.462 e. The predicted octanol–water partition coefficient (Wildman–Crippen LogP) is 5.63. The van der Waals surface area contributed by atoms with Gasteiger partial charge < -0.3 is 29.0 Å². The molecule has 0 spiro atoms. The smallest absolute Gasteiger partial charge is 0.459 e. The average molecular weight is 830 g/mol. The zero-order chi connectivity index (χ0) is 41.5. The van der Waals surface area contributed by atoms with Gasteiger partial charge in [0.25, 0.3) is 0 Å². The molecule has 0 saturated carbocycles. The molecule has 0 aliphatic carbocycles. The van der Waals surface area contributed by atoms with Gasteiger partial charge in [-0.05, 0) is 78.8 Å². The van der Waals surface area contributed by atoms with Crippen LogP contribution in [0.5, 0.6) is 11.5 Å². The van der Waals surface area contributed by atoms with Crippen molar-refractivity contribution in [2.75, 3.05) is 18.9 Å². The van der Waals surface area contributed by atoms with E-state index in [1.165, 1.54) is 38.1 Å². The van der Waals surface area contributed by atoms with Gasteiger partial charge in [-0.2, -0.15) is 15.2 Å². The highest BCUT2D eigenvalue weighted by atomic mass is 31.2. The molecule has 4 rings (SSSR count). The maximum Gasteiger partial charge on any atom is 0.459 e. The van der Waals surface area contributed by atoms with Crippen LogP contribution in [0.15, 0.2) is 77.7 Å². The van der Waals surface area contributed by atoms with Crippen molar-refractivity contribution in [3.63, 3.8) is 0 Å². The van der Waals surface area contributed by atoms with Gasteiger partial charge in [0.05, 0.1) is 36.9 Å². The van der Waals surface area contributed by atoms with E-state index in [0.717, 1.165) is 19.2 Å². The summed E-state index contributed by atoms with van der Waals surface area (Å²) < 4.78 is 102. The van der Waals surface area contributed by atoms with Crippen molar-refractivity contribution in [3.8, 4) is 11.5 Å². The molecule has 2 heterocycles. The van der Waals surface area contributed by atoms with E-state index in [9.17, 15) is 23.5 Å². The summed E-state index contributed by atoms with van der Waals surface area (Å²) in [4.78, 5) is 41.8. The van der Waals surface area contributed by atoms with Crippen molar-refractivity contribution >= 4 is 33.2 Å². The first-order chi connectivity index (χ1) is 26.2. The number of para-hydroxylation sites is 2. The lowest BCUT2D eigenvalue weighted by atomic mass is 9.80. The molecule has 1 aromatic heterocycles. The fraction of sp³-hybridized carbons (Fsp3) is 0.486. The second-order valence-electron chi connectivity index (χ2n) is 13.6. The van der Waals surface area contributed by atoms with Crippen LogP contribution >= 0.6 is 15.5 Å². The molecule has 2 aromatic carbocycles. The van der Waals surface area contributed by atoms with E-state index >= 15 is 8.78 Å². The number of nitrogens with one attached hydrogen (secondary N) is 2. The van der Waals surface area contributed by atoms with Gasteiger partial charge in [0, 0.05) is 6.20 Å². The van der Waals surface area contributed by atoms with E-state index in [2.05, 4.69) is 15.2 Å². The number of nitrogens with two attached hydrogens (primary N) is 1. The highest BCUT2D eigenvalue weighted by molar-refractivity contribution is 7.52. The van der Waals surface area contributed by atoms with Gasteiger partial charge in [-0.25, -0.2) is 22.7 Å². The Balaban J connectivity index is 1.73. The summed E-state index contributed by atoms with van der Waals surface area (Å²) in [5, 5.41) is 4.91. The van der Waals surface area contributed by atoms with E-state index < -0.39 is 94.3 Å². The van der Waals surface area contributed by atoms with Crippen LogP contribution < -0.4 is 30.6 Å². The van der Waals surface area contributed by atoms with Gasteiger partial charge in [0.1, 0.15) is 29.4 Å². The number of anilines is 1. The highest BCUT2D eigenvalue weighted by Gasteiger charge is 2.69. The summed E-state index contributed by atoms with van der Waals surface area (Å²) in [5.74, 6) is -5.94. The molecular weight excluding hydrogens is 782 g/mol. The van der Waals surface area contributed by atoms with Crippen LogP contribution in [0.2, 0.25) is 0 Å². The first kappa shape index (κ1) is 44.5. The van der Waals surface area contributed by atoms with Gasteiger partial charge in [0.2, 0.25) is 6.23 Å². The van der Waals surface area contributed by atoms with Crippen molar-refractivity contribution < 1.29 is 59.8 Å². The van der Waals surface area contributed by atoms with Gasteiger partial charge in [-0.15, -0.1) is 0 Å². The second kappa shape index (κ2) is 18.4. The van der Waals surface area contributed by atoms with Crippen molar-refractivity contribution in [1.29, 1.82) is 0 Å². The Hall–Kier alpha value is -4.22. The number of ether oxygens (including phenoxy) is 3. The summed E-state index contributed by atoms with van der Waals surface area (Å²) in [5.41, 5.74) is 1.83. The second-order valence-corrected chi connectivity index (χ2v) is 17.0. The maximum atomic E-state index is 16.9. The van der Waals surface area contributed by atoms with Crippen molar-refractivity contribution in [2.45, 2.75) is 91.0 Å². The molecule has 17 nitrogen and oxygen atoms in total. The quantitative estimate of drug-likeness (QED) is 0.0985. The van der Waals surface area contributed by atoms with Gasteiger partial charge in [-0.1, -0.05) is 36.4 Å². The number of nitrogens with zero attached hydrogens (tertiary/aromatic N) is 2. The highest BCUT2D eigenvalue weighted by Crippen LogP contribution is 2.58. The molecule has 1 fully saturated rings. The third kappa shape index (κ3) is 11.2. The zero-order valence-electron chi connectivity index (χ0n) is 31.8. The average Bonchev–Trinajstić information content (AvgIpc) is 3.30. The van der Waals surface area contributed by atoms with Crippen LogP contribution in [0, 0.1) is 5.41 Å². The Morgan fingerprint density at radius 1 is 0.839 bits per heavy atom. The predicted molar refractivity (Wildman–Crippen MR) is 199 cm³/mol. The lowest BCUT2D eigenvalue weighted by Crippen LogP contribution is -2.49. The number of hydrogen-bond acceptors (Lipinski definition) is 14. The molecule has 308 valence electrons. The third-order valence-electron chi connectivity index (χ3n) is 8.16. The van der Waals surface area contributed by atoms with Crippen molar-refractivity contribution in [1.82, 2.24) is 19.7 Å². The number of hydrogen-bond donors (Lipinski definition) is 3. The Morgan fingerprint density at radius 2 is 1.30 bits per heavy atom. The van der Waals surface area contributed by atoms with Gasteiger partial charge >= 0.3 is 39.0 Å². The number of esters is 2. The summed E-state index contributed by atoms with van der Waals surface area (Å²) in [6.07, 6.45) is -4.32. The van der Waals surface area contributed by atoms with E-state index in [0.29, 0.717) is 4.57 Å². The molecule has 3 unspecified atom stereocenters. The van der Waals surface area contributed by atoms with Crippen molar-refractivity contribution in [2.24, 2.45) is 5.41 Å². The van der Waals surface area contributed by atoms with E-state index in [1.807, 2.05) is 0 Å². The molecule has 1 aliphatic rings. The lowest BCUT2D eigenvalue weighted by Gasteiger charge is -2.36. The SMILES string of the molecule is CC(C)OC(=O)[C@H](C)NP(=O)(OC[C@H]1O[C@H](n2ccc(N)nc2=O)C(F)(F)C1(C)COP(=O)(N[C@@H](C)C(=O)OC(C)C)Oc1ccccc1)Oc1ccccc1. The van der Waals surface area contributed by atoms with E-state index in [4.69, 9.17) is 38.0 Å². The maximum absolute atomic E-state index is 16.9. The van der Waals surface area contributed by atoms with Crippen LogP contribution in [0.1, 0.15) is 54.7 Å². The normalized spacial score (nSPS) is 22.4. The summed E-state index contributed by atoms with van der Waals surface area (Å²) in [7, 11) is -9.39. The fourth-order valence-electron chi connectivity index (χ4n) is 5.20. The monoisotopic (exact) mass is 829 g/mol. The minimum absolute atomic E-state index is 0.000191. The van der Waals surface area contributed by atoms with Gasteiger partial charge in [-0.3, -0.25) is 23.2 Å². The Bertz CT molecular complexity index is 1960. The minimum atomic E-state index is -4.74. The van der Waals surface area contributed by atoms with Crippen LogP contribution in [-0.4, -0.2) is 71.0 Å². The summed E-state index contributed by atoms with van der Waals surface area (Å²) >= 11 is 0. The molecule has 0 radical (unpaired) electrons. The number of nitrogen functional groups attached to an aromatic ring is 1. The molecule has 0 bridgehead atoms. The fourth-order valence-corrected chi connectivity index (χ4v) is 8.29. The van der Waals surface area contributed by atoms with E-state index in [1.54, 1.807) is 64.1 Å². The van der Waals surface area contributed by atoms with Crippen LogP contribution in [0.4, 0.5) is 14.6 Å². The topological polar surface area (TPSA) is 218 Å². The number of carbonyl (C=O) groups excluding carboxylic acids is 2. The molecule has 0 amide bonds. The number of benzene rings is 2. The number of aromatic nitrogens is 2. The lowest BCUT2D eigenvalue weighted by molar-refractivity contribution is -0.153. The summed E-state index contributed by atoms with van der Waals surface area (Å²) in [6.45, 7) is 7.98. The third-order valence-corrected chi connectivity index (χ3v) is 11.4. The molecule has 1 saturated heterocycles. The number of rotatable bonds is 19. The molecule has 3 aromatic rings. The van der Waals surface area contributed by atoms with E-state index in [-0.39, 0.29) is 17.3 Å². The number of halogens is 2. The molecule has 21 heteroatoms. The Labute approximate surface area is 322 Å². The van der Waals surface area contributed by atoms with Crippen LogP contribution in [-0.2, 0) is 42.0 Å². The van der Waals surface area contributed by atoms with Crippen LogP contribution in [0.3, 0.4) is 0 Å². The number of carbonyl (C=O) groups is 2. The molecule has 56 heavy (non-hydrogen) atoms. The standard InChI is InChI=1S/C35H47F2N5O12P2/c1-22(2)50-30(43)24(5)40-55(46,53-26-14-10-8-11-15-26)48-20-28-34(7,35(36,37)32(52-28)42-19-18-29(38)39-33(42)45)21-49-56(47,54-27-16-12-9-13-17-27)41-25(6)31(44)51-23(3)4/h8-19,22-25,28,32H,20-21H2,1-7H3,(H,40,46)(H,41,47)(H2,38,39,45)/t24-,25-,28+,32-,34?,55?,56?/m0/s1. The molecule has 4 N–H and O–H groups in total. The Morgan fingerprint density at radius 3 is 1.75 bits per heavy atom. The first-order valence-electron chi connectivity index (χ1n) is 17.5. The Kier molecular flexibility index (Phi) is 14.6. The largest absolute Gasteiger partial charge is 0.462 e. The molecular formula is C35H47F2N5O12P2.